The van der Waals surface area contributed by atoms with Crippen LogP contribution in [0, 0.1) is 23.7 Å². The Morgan fingerprint density at radius 1 is 0.514 bits per heavy atom. The smallest absolute Gasteiger partial charge is 0.335 e. The second-order valence-corrected chi connectivity index (χ2v) is 7.89. The van der Waals surface area contributed by atoms with E-state index in [2.05, 4.69) is 43.6 Å². The van der Waals surface area contributed by atoms with Crippen LogP contribution in [0.15, 0.2) is 104 Å². The summed E-state index contributed by atoms with van der Waals surface area (Å²) in [6, 6.07) is 23.4. The molecule has 5 rings (SSSR count). The molecule has 37 heavy (non-hydrogen) atoms. The number of nitrogens with zero attached hydrogens (tertiary/aromatic N) is 4. The summed E-state index contributed by atoms with van der Waals surface area (Å²) in [7, 11) is 0. The zero-order chi connectivity index (χ0) is 25.5. The van der Waals surface area contributed by atoms with E-state index >= 15 is 0 Å². The van der Waals surface area contributed by atoms with Crippen molar-refractivity contribution in [3.63, 3.8) is 0 Å². The number of carboxylic acids is 1. The Bertz CT molecular complexity index is 1590. The number of hydrogen-bond donors (Lipinski definition) is 1. The quantitative estimate of drug-likeness (QED) is 0.363. The van der Waals surface area contributed by atoms with Crippen molar-refractivity contribution in [2.45, 2.75) is 0 Å². The van der Waals surface area contributed by atoms with Crippen molar-refractivity contribution >= 4 is 5.97 Å². The maximum Gasteiger partial charge on any atom is 0.335 e. The van der Waals surface area contributed by atoms with Crippen LogP contribution in [0.2, 0.25) is 0 Å². The monoisotopic (exact) mass is 478 g/mol. The molecule has 4 heterocycles. The van der Waals surface area contributed by atoms with E-state index in [4.69, 9.17) is 0 Å². The van der Waals surface area contributed by atoms with Crippen molar-refractivity contribution < 1.29 is 9.90 Å². The van der Waals surface area contributed by atoms with Crippen molar-refractivity contribution in [2.75, 3.05) is 0 Å². The van der Waals surface area contributed by atoms with Crippen molar-refractivity contribution in [1.82, 2.24) is 19.9 Å². The topological polar surface area (TPSA) is 88.9 Å². The minimum Gasteiger partial charge on any atom is -0.478 e. The van der Waals surface area contributed by atoms with Gasteiger partial charge in [0.15, 0.2) is 0 Å². The highest BCUT2D eigenvalue weighted by Crippen LogP contribution is 2.16. The SMILES string of the molecule is O=C(O)c1cc(C#Cc2ccnc(-c3ccccn3)c2)cc(C#Cc2ccnc(-c3ccccn3)c2)c1. The van der Waals surface area contributed by atoms with Crippen molar-refractivity contribution in [3.05, 3.63) is 131 Å². The fraction of sp³-hybridized carbons (Fsp3) is 0. The second-order valence-electron chi connectivity index (χ2n) is 7.89. The maximum absolute atomic E-state index is 11.7. The molecule has 1 N–H and O–H groups in total. The molecule has 1 aromatic carbocycles. The van der Waals surface area contributed by atoms with Gasteiger partial charge in [-0.2, -0.15) is 0 Å². The third kappa shape index (κ3) is 5.92. The molecule has 0 spiro atoms. The van der Waals surface area contributed by atoms with Gasteiger partial charge in [0.05, 0.1) is 28.3 Å². The first-order valence-corrected chi connectivity index (χ1v) is 11.3. The molecule has 0 atom stereocenters. The minimum absolute atomic E-state index is 0.115. The average molecular weight is 479 g/mol. The number of carboxylic acid groups (broad SMARTS) is 1. The fourth-order valence-electron chi connectivity index (χ4n) is 3.51. The van der Waals surface area contributed by atoms with E-state index in [9.17, 15) is 9.90 Å². The van der Waals surface area contributed by atoms with Gasteiger partial charge in [-0.1, -0.05) is 35.8 Å². The summed E-state index contributed by atoms with van der Waals surface area (Å²) in [4.78, 5) is 29.1. The van der Waals surface area contributed by atoms with Gasteiger partial charge in [0.25, 0.3) is 0 Å². The van der Waals surface area contributed by atoms with Crippen LogP contribution in [-0.4, -0.2) is 31.0 Å². The molecule has 4 aromatic heterocycles. The molecule has 0 amide bonds. The minimum atomic E-state index is -1.05. The lowest BCUT2D eigenvalue weighted by molar-refractivity contribution is 0.0696. The first-order valence-electron chi connectivity index (χ1n) is 11.3. The van der Waals surface area contributed by atoms with Crippen LogP contribution >= 0.6 is 0 Å². The molecule has 0 aliphatic heterocycles. The zero-order valence-corrected chi connectivity index (χ0v) is 19.5. The zero-order valence-electron chi connectivity index (χ0n) is 19.5. The number of rotatable bonds is 3. The lowest BCUT2D eigenvalue weighted by Gasteiger charge is -2.01. The summed E-state index contributed by atoms with van der Waals surface area (Å²) in [6.07, 6.45) is 6.76. The highest BCUT2D eigenvalue weighted by molar-refractivity contribution is 5.88. The molecule has 6 nitrogen and oxygen atoms in total. The highest BCUT2D eigenvalue weighted by atomic mass is 16.4. The van der Waals surface area contributed by atoms with Crippen LogP contribution in [0.4, 0.5) is 0 Å². The molecule has 0 saturated carbocycles. The lowest BCUT2D eigenvalue weighted by Crippen LogP contribution is -1.98. The van der Waals surface area contributed by atoms with E-state index in [0.29, 0.717) is 22.5 Å². The van der Waals surface area contributed by atoms with Crippen molar-refractivity contribution in [1.29, 1.82) is 0 Å². The molecule has 5 aromatic rings. The van der Waals surface area contributed by atoms with Gasteiger partial charge in [0.2, 0.25) is 0 Å². The van der Waals surface area contributed by atoms with Gasteiger partial charge >= 0.3 is 5.97 Å². The summed E-state index contributed by atoms with van der Waals surface area (Å²) in [5.74, 6) is 11.2. The molecule has 6 heteroatoms. The molecule has 0 radical (unpaired) electrons. The number of pyridine rings is 4. The Balaban J connectivity index is 1.45. The number of aromatic carboxylic acids is 1. The van der Waals surface area contributed by atoms with Crippen molar-refractivity contribution in [3.8, 4) is 46.5 Å². The van der Waals surface area contributed by atoms with Crippen molar-refractivity contribution in [2.24, 2.45) is 0 Å². The van der Waals surface area contributed by atoms with Crippen LogP contribution in [0.1, 0.15) is 32.6 Å². The normalized spacial score (nSPS) is 9.95. The predicted octanol–water partition coefficient (Wildman–Crippen LogP) is 5.10. The summed E-state index contributed by atoms with van der Waals surface area (Å²) < 4.78 is 0. The van der Waals surface area contributed by atoms with E-state index in [-0.39, 0.29) is 5.56 Å². The molecule has 0 fully saturated rings. The van der Waals surface area contributed by atoms with E-state index in [1.807, 2.05) is 48.5 Å². The second kappa shape index (κ2) is 10.8. The summed E-state index contributed by atoms with van der Waals surface area (Å²) in [5, 5.41) is 9.60. The Labute approximate surface area is 213 Å². The number of aromatic nitrogens is 4. The van der Waals surface area contributed by atoms with Gasteiger partial charge in [-0.25, -0.2) is 4.79 Å². The predicted molar refractivity (Wildman–Crippen MR) is 140 cm³/mol. The van der Waals surface area contributed by atoms with Gasteiger partial charge in [-0.15, -0.1) is 0 Å². The lowest BCUT2D eigenvalue weighted by atomic mass is 10.0. The highest BCUT2D eigenvalue weighted by Gasteiger charge is 2.06. The van der Waals surface area contributed by atoms with Crippen LogP contribution < -0.4 is 0 Å². The Hall–Kier alpha value is -5.59. The number of carbonyl (C=O) groups is 1. The first-order chi connectivity index (χ1) is 18.1. The molecule has 0 aliphatic rings. The standard InChI is InChI=1S/C31H18N4O2/c36-31(37)26-18-24(9-7-22-11-15-34-29(20-22)27-5-1-3-13-32-27)17-25(19-26)10-8-23-12-16-35-30(21-23)28-6-2-4-14-33-28/h1-6,11-21H,(H,36,37). The van der Waals surface area contributed by atoms with Crippen LogP contribution in [0.25, 0.3) is 22.8 Å². The molecule has 174 valence electrons. The van der Waals surface area contributed by atoms with Crippen LogP contribution in [0.3, 0.4) is 0 Å². The fourth-order valence-corrected chi connectivity index (χ4v) is 3.51. The molecule has 0 unspecified atom stereocenters. The Morgan fingerprint density at radius 3 is 1.41 bits per heavy atom. The number of benzene rings is 1. The Kier molecular flexibility index (Phi) is 6.75. The molecule has 0 saturated heterocycles. The van der Waals surface area contributed by atoms with Gasteiger partial charge in [0, 0.05) is 47.0 Å². The van der Waals surface area contributed by atoms with Gasteiger partial charge in [0.1, 0.15) is 0 Å². The van der Waals surface area contributed by atoms with Crippen LogP contribution in [-0.2, 0) is 0 Å². The molecular weight excluding hydrogens is 460 g/mol. The third-order valence-corrected chi connectivity index (χ3v) is 5.26. The van der Waals surface area contributed by atoms with Crippen LogP contribution in [0.5, 0.6) is 0 Å². The van der Waals surface area contributed by atoms with E-state index in [0.717, 1.165) is 22.5 Å². The maximum atomic E-state index is 11.7. The molecular formula is C31H18N4O2. The van der Waals surface area contributed by atoms with Gasteiger partial charge in [-0.05, 0) is 66.7 Å². The van der Waals surface area contributed by atoms with Gasteiger partial charge < -0.3 is 5.11 Å². The Morgan fingerprint density at radius 2 is 0.973 bits per heavy atom. The molecule has 0 aliphatic carbocycles. The average Bonchev–Trinajstić information content (AvgIpc) is 2.96. The number of hydrogen-bond acceptors (Lipinski definition) is 5. The first kappa shape index (κ1) is 23.2. The molecule has 0 bridgehead atoms. The largest absolute Gasteiger partial charge is 0.478 e. The summed E-state index contributed by atoms with van der Waals surface area (Å²) >= 11 is 0. The van der Waals surface area contributed by atoms with E-state index < -0.39 is 5.97 Å². The van der Waals surface area contributed by atoms with Gasteiger partial charge in [-0.3, -0.25) is 19.9 Å². The summed E-state index contributed by atoms with van der Waals surface area (Å²) in [5.41, 5.74) is 5.60. The summed E-state index contributed by atoms with van der Waals surface area (Å²) in [6.45, 7) is 0. The van der Waals surface area contributed by atoms with E-state index in [1.54, 1.807) is 43.0 Å². The third-order valence-electron chi connectivity index (χ3n) is 5.26. The van der Waals surface area contributed by atoms with E-state index in [1.165, 1.54) is 12.1 Å².